The third-order valence-corrected chi connectivity index (χ3v) is 4.59. The first kappa shape index (κ1) is 10.8. The van der Waals surface area contributed by atoms with E-state index in [0.717, 1.165) is 12.3 Å². The van der Waals surface area contributed by atoms with Gasteiger partial charge >= 0.3 is 0 Å². The van der Waals surface area contributed by atoms with Crippen LogP contribution in [-0.4, -0.2) is 19.6 Å². The van der Waals surface area contributed by atoms with E-state index in [1.165, 1.54) is 31.6 Å². The summed E-state index contributed by atoms with van der Waals surface area (Å²) in [6.07, 6.45) is 2.05. The molecule has 3 heterocycles. The van der Waals surface area contributed by atoms with Gasteiger partial charge in [0.05, 0.1) is 25.7 Å². The van der Waals surface area contributed by atoms with Crippen molar-refractivity contribution in [1.29, 1.82) is 5.26 Å². The highest BCUT2D eigenvalue weighted by atomic mass is 15.2. The monoisotopic (exact) mass is 227 g/mol. The molecule has 0 amide bonds. The minimum absolute atomic E-state index is 0.628. The summed E-state index contributed by atoms with van der Waals surface area (Å²) in [6, 6.07) is 13.3. The number of hydrogen-bond donors (Lipinski definition) is 1. The van der Waals surface area contributed by atoms with Crippen molar-refractivity contribution in [1.82, 2.24) is 0 Å². The van der Waals surface area contributed by atoms with E-state index in [9.17, 15) is 0 Å². The fourth-order valence-electron chi connectivity index (χ4n) is 3.81. The molecule has 3 aliphatic heterocycles. The lowest BCUT2D eigenvalue weighted by Crippen LogP contribution is -3.16. The molecule has 0 aromatic heterocycles. The van der Waals surface area contributed by atoms with Gasteiger partial charge < -0.3 is 4.90 Å². The molecule has 3 saturated heterocycles. The van der Waals surface area contributed by atoms with Gasteiger partial charge in [0.15, 0.2) is 0 Å². The minimum Gasteiger partial charge on any atom is -0.334 e. The summed E-state index contributed by atoms with van der Waals surface area (Å²) < 4.78 is 0. The molecule has 0 spiro atoms. The molecule has 0 radical (unpaired) electrons. The number of hydrogen-bond acceptors (Lipinski definition) is 1. The first-order valence-electron chi connectivity index (χ1n) is 6.64. The van der Waals surface area contributed by atoms with Crippen LogP contribution in [-0.2, 0) is 0 Å². The lowest BCUT2D eigenvalue weighted by atomic mass is 9.69. The summed E-state index contributed by atoms with van der Waals surface area (Å²) in [5.74, 6) is 2.06. The van der Waals surface area contributed by atoms with Crippen LogP contribution in [0.1, 0.15) is 24.3 Å². The third-order valence-electron chi connectivity index (χ3n) is 4.59. The van der Waals surface area contributed by atoms with Crippen LogP contribution in [0.2, 0.25) is 0 Å². The Labute approximate surface area is 103 Å². The van der Waals surface area contributed by atoms with E-state index >= 15 is 0 Å². The molecule has 1 aromatic carbocycles. The summed E-state index contributed by atoms with van der Waals surface area (Å²) in [4.78, 5) is 1.71. The predicted octanol–water partition coefficient (Wildman–Crippen LogP) is 1.22. The van der Waals surface area contributed by atoms with Crippen LogP contribution in [0.25, 0.3) is 0 Å². The molecule has 0 aliphatic carbocycles. The summed E-state index contributed by atoms with van der Waals surface area (Å²) in [7, 11) is 0. The van der Waals surface area contributed by atoms with E-state index in [4.69, 9.17) is 5.26 Å². The zero-order valence-corrected chi connectivity index (χ0v) is 10.1. The van der Waals surface area contributed by atoms with Crippen molar-refractivity contribution >= 4 is 0 Å². The molecule has 88 valence electrons. The van der Waals surface area contributed by atoms with Gasteiger partial charge in [-0.15, -0.1) is 0 Å². The highest BCUT2D eigenvalue weighted by Crippen LogP contribution is 2.37. The number of nitriles is 1. The Morgan fingerprint density at radius 1 is 1.24 bits per heavy atom. The van der Waals surface area contributed by atoms with E-state index in [0.29, 0.717) is 11.8 Å². The molecule has 1 aromatic rings. The van der Waals surface area contributed by atoms with Crippen LogP contribution in [0.15, 0.2) is 30.3 Å². The quantitative estimate of drug-likeness (QED) is 0.808. The van der Waals surface area contributed by atoms with E-state index in [2.05, 4.69) is 36.4 Å². The highest BCUT2D eigenvalue weighted by molar-refractivity contribution is 5.21. The van der Waals surface area contributed by atoms with Gasteiger partial charge in [-0.25, -0.2) is 0 Å². The molecule has 3 fully saturated rings. The average Bonchev–Trinajstić information content (AvgIpc) is 2.41. The maximum absolute atomic E-state index is 8.94. The van der Waals surface area contributed by atoms with E-state index in [1.807, 2.05) is 0 Å². The summed E-state index contributed by atoms with van der Waals surface area (Å²) in [5, 5.41) is 8.94. The molecule has 4 atom stereocenters. The van der Waals surface area contributed by atoms with Crippen LogP contribution < -0.4 is 4.90 Å². The van der Waals surface area contributed by atoms with Crippen molar-refractivity contribution in [3.8, 4) is 6.07 Å². The van der Waals surface area contributed by atoms with Crippen LogP contribution in [0.5, 0.6) is 0 Å². The number of nitrogens with zero attached hydrogens (tertiary/aromatic N) is 1. The van der Waals surface area contributed by atoms with Gasteiger partial charge in [-0.2, -0.15) is 5.26 Å². The van der Waals surface area contributed by atoms with Crippen LogP contribution in [0.4, 0.5) is 0 Å². The lowest BCUT2D eigenvalue weighted by molar-refractivity contribution is -0.923. The van der Waals surface area contributed by atoms with Gasteiger partial charge in [0.2, 0.25) is 0 Å². The first-order valence-corrected chi connectivity index (χ1v) is 6.64. The van der Waals surface area contributed by atoms with Gasteiger partial charge in [-0.3, -0.25) is 0 Å². The number of nitrogens with one attached hydrogen (secondary N) is 1. The predicted molar refractivity (Wildman–Crippen MR) is 66.6 cm³/mol. The Morgan fingerprint density at radius 3 is 2.76 bits per heavy atom. The second-order valence-electron chi connectivity index (χ2n) is 5.50. The number of quaternary nitrogens is 1. The van der Waals surface area contributed by atoms with Gasteiger partial charge in [0.1, 0.15) is 0 Å². The van der Waals surface area contributed by atoms with Crippen LogP contribution >= 0.6 is 0 Å². The zero-order chi connectivity index (χ0) is 11.7. The Morgan fingerprint density at radius 2 is 2.06 bits per heavy atom. The number of rotatable bonds is 2. The summed E-state index contributed by atoms with van der Waals surface area (Å²) >= 11 is 0. The SMILES string of the molecule is N#CC[C@@H]1C[NH+]2CC[C@@H]1[C@H](c1ccccc1)C2. The largest absolute Gasteiger partial charge is 0.334 e. The molecule has 2 bridgehead atoms. The molecule has 0 saturated carbocycles. The Hall–Kier alpha value is -1.33. The topological polar surface area (TPSA) is 28.2 Å². The van der Waals surface area contributed by atoms with E-state index in [1.54, 1.807) is 4.90 Å². The maximum Gasteiger partial charge on any atom is 0.0843 e. The van der Waals surface area contributed by atoms with Crippen molar-refractivity contribution < 1.29 is 4.90 Å². The molecule has 2 heteroatoms. The summed E-state index contributed by atoms with van der Waals surface area (Å²) in [6.45, 7) is 3.81. The number of benzene rings is 1. The van der Waals surface area contributed by atoms with Crippen molar-refractivity contribution in [2.24, 2.45) is 11.8 Å². The van der Waals surface area contributed by atoms with E-state index in [-0.39, 0.29) is 0 Å². The summed E-state index contributed by atoms with van der Waals surface area (Å²) in [5.41, 5.74) is 1.48. The fraction of sp³-hybridized carbons (Fsp3) is 0.533. The number of piperidine rings is 3. The van der Waals surface area contributed by atoms with Gasteiger partial charge in [-0.05, 0) is 11.5 Å². The van der Waals surface area contributed by atoms with Crippen molar-refractivity contribution in [3.63, 3.8) is 0 Å². The second-order valence-corrected chi connectivity index (χ2v) is 5.50. The second kappa shape index (κ2) is 4.50. The minimum atomic E-state index is 0.628. The Kier molecular flexibility index (Phi) is 2.86. The first-order chi connectivity index (χ1) is 8.38. The molecular formula is C15H19N2+. The lowest BCUT2D eigenvalue weighted by Gasteiger charge is -2.46. The van der Waals surface area contributed by atoms with Crippen molar-refractivity contribution in [3.05, 3.63) is 35.9 Å². The van der Waals surface area contributed by atoms with Gasteiger partial charge in [0, 0.05) is 24.7 Å². The van der Waals surface area contributed by atoms with Crippen molar-refractivity contribution in [2.45, 2.75) is 18.8 Å². The molecule has 3 aliphatic rings. The standard InChI is InChI=1S/C15H18N2/c16-8-6-13-10-17-9-7-14(13)15(11-17)12-4-2-1-3-5-12/h1-5,13-15H,6-7,9-11H2/p+1/t13-,14+,15+/m1/s1. The maximum atomic E-state index is 8.94. The number of fused-ring (bicyclic) bond motifs is 3. The third kappa shape index (κ3) is 1.96. The molecule has 4 rings (SSSR count). The van der Waals surface area contributed by atoms with Crippen LogP contribution in [0.3, 0.4) is 0 Å². The highest BCUT2D eigenvalue weighted by Gasteiger charge is 2.44. The molecule has 1 N–H and O–H groups in total. The Bertz CT molecular complexity index is 420. The Balaban J connectivity index is 1.85. The van der Waals surface area contributed by atoms with E-state index < -0.39 is 0 Å². The molecule has 17 heavy (non-hydrogen) atoms. The fourth-order valence-corrected chi connectivity index (χ4v) is 3.81. The normalized spacial score (nSPS) is 35.5. The smallest absolute Gasteiger partial charge is 0.0843 e. The zero-order valence-electron chi connectivity index (χ0n) is 10.1. The van der Waals surface area contributed by atoms with Gasteiger partial charge in [0.25, 0.3) is 0 Å². The van der Waals surface area contributed by atoms with Crippen molar-refractivity contribution in [2.75, 3.05) is 19.6 Å². The molecule has 1 unspecified atom stereocenters. The van der Waals surface area contributed by atoms with Gasteiger partial charge in [-0.1, -0.05) is 30.3 Å². The average molecular weight is 227 g/mol. The molecule has 2 nitrogen and oxygen atoms in total. The van der Waals surface area contributed by atoms with Crippen LogP contribution in [0, 0.1) is 23.2 Å². The molecular weight excluding hydrogens is 208 g/mol.